The molecule has 1 aliphatic rings. The van der Waals surface area contributed by atoms with Crippen LogP contribution in [0.2, 0.25) is 0 Å². The second-order valence-electron chi connectivity index (χ2n) is 4.32. The van der Waals surface area contributed by atoms with E-state index in [4.69, 9.17) is 5.26 Å². The number of hydrogen-bond acceptors (Lipinski definition) is 2. The predicted molar refractivity (Wildman–Crippen MR) is 69.3 cm³/mol. The SMILES string of the molecule is N#Cc1ccc(NCCCC2CC2)cc1Br. The van der Waals surface area contributed by atoms with E-state index in [0.717, 1.165) is 22.6 Å². The highest BCUT2D eigenvalue weighted by atomic mass is 79.9. The second kappa shape index (κ2) is 5.36. The summed E-state index contributed by atoms with van der Waals surface area (Å²) in [5.74, 6) is 1.01. The van der Waals surface area contributed by atoms with Crippen LogP contribution in [0.25, 0.3) is 0 Å². The number of anilines is 1. The molecule has 0 unspecified atom stereocenters. The molecule has 0 amide bonds. The molecule has 2 rings (SSSR count). The number of nitrogens with one attached hydrogen (secondary N) is 1. The molecular weight excluding hydrogens is 264 g/mol. The molecule has 1 saturated carbocycles. The van der Waals surface area contributed by atoms with E-state index in [1.807, 2.05) is 18.2 Å². The van der Waals surface area contributed by atoms with Gasteiger partial charge in [-0.15, -0.1) is 0 Å². The number of benzene rings is 1. The van der Waals surface area contributed by atoms with Gasteiger partial charge >= 0.3 is 0 Å². The van der Waals surface area contributed by atoms with Crippen molar-refractivity contribution in [1.29, 1.82) is 5.26 Å². The molecule has 0 aliphatic heterocycles. The predicted octanol–water partition coefficient (Wildman–Crippen LogP) is 3.92. The Morgan fingerprint density at radius 3 is 2.88 bits per heavy atom. The van der Waals surface area contributed by atoms with Gasteiger partial charge in [-0.2, -0.15) is 5.26 Å². The monoisotopic (exact) mass is 278 g/mol. The number of hydrogen-bond donors (Lipinski definition) is 1. The average Bonchev–Trinajstić information content (AvgIpc) is 3.08. The van der Waals surface area contributed by atoms with Crippen LogP contribution < -0.4 is 5.32 Å². The maximum atomic E-state index is 8.79. The van der Waals surface area contributed by atoms with Crippen molar-refractivity contribution >= 4 is 21.6 Å². The highest BCUT2D eigenvalue weighted by molar-refractivity contribution is 9.10. The van der Waals surface area contributed by atoms with Crippen molar-refractivity contribution in [2.24, 2.45) is 5.92 Å². The molecule has 2 nitrogen and oxygen atoms in total. The molecule has 0 saturated heterocycles. The van der Waals surface area contributed by atoms with Gasteiger partial charge in [-0.25, -0.2) is 0 Å². The lowest BCUT2D eigenvalue weighted by molar-refractivity contribution is 0.687. The van der Waals surface area contributed by atoms with Crippen LogP contribution in [-0.4, -0.2) is 6.54 Å². The van der Waals surface area contributed by atoms with Crippen LogP contribution in [0, 0.1) is 17.2 Å². The quantitative estimate of drug-likeness (QED) is 0.829. The summed E-state index contributed by atoms with van der Waals surface area (Å²) in [5.41, 5.74) is 1.77. The molecule has 3 heteroatoms. The molecule has 1 N–H and O–H groups in total. The summed E-state index contributed by atoms with van der Waals surface area (Å²) in [7, 11) is 0. The molecule has 0 atom stereocenters. The van der Waals surface area contributed by atoms with Gasteiger partial charge in [-0.3, -0.25) is 0 Å². The Kier molecular flexibility index (Phi) is 3.84. The highest BCUT2D eigenvalue weighted by Gasteiger charge is 2.19. The van der Waals surface area contributed by atoms with Gasteiger partial charge in [0.1, 0.15) is 6.07 Å². The second-order valence-corrected chi connectivity index (χ2v) is 5.17. The molecule has 1 aromatic carbocycles. The first-order valence-corrected chi connectivity index (χ1v) is 6.52. The Morgan fingerprint density at radius 2 is 2.25 bits per heavy atom. The third-order valence-corrected chi connectivity index (χ3v) is 3.56. The maximum Gasteiger partial charge on any atom is 0.100 e. The van der Waals surface area contributed by atoms with Crippen LogP contribution in [-0.2, 0) is 0 Å². The van der Waals surface area contributed by atoms with Gasteiger partial charge < -0.3 is 5.32 Å². The third-order valence-electron chi connectivity index (χ3n) is 2.90. The minimum absolute atomic E-state index is 0.684. The summed E-state index contributed by atoms with van der Waals surface area (Å²) in [6.45, 7) is 1.02. The first-order valence-electron chi connectivity index (χ1n) is 5.73. The Balaban J connectivity index is 1.79. The molecule has 1 aromatic rings. The minimum Gasteiger partial charge on any atom is -0.385 e. The van der Waals surface area contributed by atoms with Crippen molar-refractivity contribution in [2.45, 2.75) is 25.7 Å². The number of halogens is 1. The minimum atomic E-state index is 0.684. The molecule has 0 bridgehead atoms. The fraction of sp³-hybridized carbons (Fsp3) is 0.462. The third kappa shape index (κ3) is 3.24. The number of nitrogens with zero attached hydrogens (tertiary/aromatic N) is 1. The van der Waals surface area contributed by atoms with Crippen molar-refractivity contribution in [3.63, 3.8) is 0 Å². The van der Waals surface area contributed by atoms with Crippen LogP contribution in [0.5, 0.6) is 0 Å². The molecule has 84 valence electrons. The lowest BCUT2D eigenvalue weighted by Gasteiger charge is -2.06. The van der Waals surface area contributed by atoms with Crippen LogP contribution in [0.3, 0.4) is 0 Å². The van der Waals surface area contributed by atoms with E-state index in [2.05, 4.69) is 27.3 Å². The topological polar surface area (TPSA) is 35.8 Å². The number of rotatable bonds is 5. The van der Waals surface area contributed by atoms with Gasteiger partial charge in [0.05, 0.1) is 5.56 Å². The zero-order valence-corrected chi connectivity index (χ0v) is 10.8. The van der Waals surface area contributed by atoms with Gasteiger partial charge in [0, 0.05) is 16.7 Å². The summed E-state index contributed by atoms with van der Waals surface area (Å²) in [5, 5.41) is 12.2. The van der Waals surface area contributed by atoms with Crippen molar-refractivity contribution in [2.75, 3.05) is 11.9 Å². The Morgan fingerprint density at radius 1 is 1.44 bits per heavy atom. The van der Waals surface area contributed by atoms with Gasteiger partial charge in [-0.05, 0) is 52.9 Å². The summed E-state index contributed by atoms with van der Waals surface area (Å²) in [6, 6.07) is 7.91. The fourth-order valence-corrected chi connectivity index (χ4v) is 2.21. The van der Waals surface area contributed by atoms with E-state index < -0.39 is 0 Å². The normalized spacial score (nSPS) is 14.5. The largest absolute Gasteiger partial charge is 0.385 e. The molecular formula is C13H15BrN2. The summed E-state index contributed by atoms with van der Waals surface area (Å²) >= 11 is 3.39. The van der Waals surface area contributed by atoms with Crippen LogP contribution in [0.15, 0.2) is 22.7 Å². The summed E-state index contributed by atoms with van der Waals surface area (Å²) in [6.07, 6.45) is 5.46. The van der Waals surface area contributed by atoms with Gasteiger partial charge in [-0.1, -0.05) is 12.8 Å². The summed E-state index contributed by atoms with van der Waals surface area (Å²) < 4.78 is 0.863. The first kappa shape index (κ1) is 11.5. The zero-order chi connectivity index (χ0) is 11.4. The van der Waals surface area contributed by atoms with Crippen molar-refractivity contribution < 1.29 is 0 Å². The van der Waals surface area contributed by atoms with Crippen molar-refractivity contribution in [3.8, 4) is 6.07 Å². The lowest BCUT2D eigenvalue weighted by Crippen LogP contribution is -2.01. The van der Waals surface area contributed by atoms with Crippen LogP contribution >= 0.6 is 15.9 Å². The highest BCUT2D eigenvalue weighted by Crippen LogP contribution is 2.33. The molecule has 0 aromatic heterocycles. The fourth-order valence-electron chi connectivity index (χ4n) is 1.75. The van der Waals surface area contributed by atoms with Crippen LogP contribution in [0.4, 0.5) is 5.69 Å². The van der Waals surface area contributed by atoms with Gasteiger partial charge in [0.15, 0.2) is 0 Å². The van der Waals surface area contributed by atoms with E-state index in [1.165, 1.54) is 25.7 Å². The number of nitriles is 1. The van der Waals surface area contributed by atoms with E-state index in [9.17, 15) is 0 Å². The molecule has 0 spiro atoms. The van der Waals surface area contributed by atoms with E-state index >= 15 is 0 Å². The first-order chi connectivity index (χ1) is 7.79. The maximum absolute atomic E-state index is 8.79. The van der Waals surface area contributed by atoms with Crippen molar-refractivity contribution in [1.82, 2.24) is 0 Å². The smallest absolute Gasteiger partial charge is 0.100 e. The van der Waals surface area contributed by atoms with E-state index in [-0.39, 0.29) is 0 Å². The van der Waals surface area contributed by atoms with E-state index in [1.54, 1.807) is 0 Å². The lowest BCUT2D eigenvalue weighted by atomic mass is 10.2. The molecule has 1 aliphatic carbocycles. The zero-order valence-electron chi connectivity index (χ0n) is 9.17. The molecule has 0 radical (unpaired) electrons. The van der Waals surface area contributed by atoms with Crippen molar-refractivity contribution in [3.05, 3.63) is 28.2 Å². The van der Waals surface area contributed by atoms with Crippen LogP contribution in [0.1, 0.15) is 31.2 Å². The Labute approximate surface area is 105 Å². The Hall–Kier alpha value is -1.01. The molecule has 16 heavy (non-hydrogen) atoms. The standard InChI is InChI=1S/C13H15BrN2/c14-13-8-12(6-5-11(13)9-15)16-7-1-2-10-3-4-10/h5-6,8,10,16H,1-4,7H2. The molecule has 1 fully saturated rings. The van der Waals surface area contributed by atoms with Gasteiger partial charge in [0.25, 0.3) is 0 Å². The Bertz CT molecular complexity index is 405. The summed E-state index contributed by atoms with van der Waals surface area (Å²) in [4.78, 5) is 0. The van der Waals surface area contributed by atoms with Gasteiger partial charge in [0.2, 0.25) is 0 Å². The molecule has 0 heterocycles. The van der Waals surface area contributed by atoms with E-state index in [0.29, 0.717) is 5.56 Å². The average molecular weight is 279 g/mol.